The lowest BCUT2D eigenvalue weighted by Crippen LogP contribution is -2.41. The van der Waals surface area contributed by atoms with Crippen molar-refractivity contribution in [1.29, 1.82) is 0 Å². The van der Waals surface area contributed by atoms with Crippen molar-refractivity contribution in [2.75, 3.05) is 0 Å². The predicted octanol–water partition coefficient (Wildman–Crippen LogP) is 2.47. The van der Waals surface area contributed by atoms with E-state index in [0.29, 0.717) is 5.56 Å². The molecule has 116 valence electrons. The van der Waals surface area contributed by atoms with Gasteiger partial charge in [-0.15, -0.1) is 0 Å². The lowest BCUT2D eigenvalue weighted by Gasteiger charge is -2.15. The SMILES string of the molecule is CC(Cc1cccc(C(F)(F)F)c1)C(=O)NC(C)C(=O)O. The van der Waals surface area contributed by atoms with E-state index in [1.165, 1.54) is 26.0 Å². The molecule has 7 heteroatoms. The standard InChI is InChI=1S/C14H16F3NO3/c1-8(12(19)18-9(2)13(20)21)6-10-4-3-5-11(7-10)14(15,16)17/h3-5,7-9H,6H2,1-2H3,(H,18,19)(H,20,21). The van der Waals surface area contributed by atoms with Gasteiger partial charge in [-0.1, -0.05) is 25.1 Å². The van der Waals surface area contributed by atoms with Crippen LogP contribution in [-0.4, -0.2) is 23.0 Å². The number of hydrogen-bond acceptors (Lipinski definition) is 2. The van der Waals surface area contributed by atoms with Crippen molar-refractivity contribution in [2.45, 2.75) is 32.5 Å². The van der Waals surface area contributed by atoms with Crippen molar-refractivity contribution in [3.05, 3.63) is 35.4 Å². The van der Waals surface area contributed by atoms with Crippen LogP contribution in [0.2, 0.25) is 0 Å². The Morgan fingerprint density at radius 1 is 1.29 bits per heavy atom. The van der Waals surface area contributed by atoms with Gasteiger partial charge < -0.3 is 10.4 Å². The van der Waals surface area contributed by atoms with Crippen LogP contribution in [0.15, 0.2) is 24.3 Å². The fraction of sp³-hybridized carbons (Fsp3) is 0.429. The highest BCUT2D eigenvalue weighted by Crippen LogP contribution is 2.29. The van der Waals surface area contributed by atoms with Gasteiger partial charge in [0.05, 0.1) is 5.56 Å². The highest BCUT2D eigenvalue weighted by Gasteiger charge is 2.30. The summed E-state index contributed by atoms with van der Waals surface area (Å²) in [6.07, 6.45) is -4.33. The molecule has 0 saturated heterocycles. The lowest BCUT2D eigenvalue weighted by atomic mass is 9.98. The molecule has 1 rings (SSSR count). The molecule has 1 aromatic rings. The van der Waals surface area contributed by atoms with Gasteiger partial charge in [-0.3, -0.25) is 9.59 Å². The zero-order valence-corrected chi connectivity index (χ0v) is 11.6. The van der Waals surface area contributed by atoms with Crippen LogP contribution in [0.5, 0.6) is 0 Å². The predicted molar refractivity (Wildman–Crippen MR) is 69.6 cm³/mol. The molecule has 0 heterocycles. The molecule has 0 aliphatic carbocycles. The van der Waals surface area contributed by atoms with E-state index >= 15 is 0 Å². The Balaban J connectivity index is 2.73. The Hall–Kier alpha value is -2.05. The molecule has 0 fully saturated rings. The van der Waals surface area contributed by atoms with E-state index in [4.69, 9.17) is 5.11 Å². The maximum Gasteiger partial charge on any atom is 0.416 e. The third-order valence-corrected chi connectivity index (χ3v) is 2.97. The van der Waals surface area contributed by atoms with Crippen molar-refractivity contribution in [3.8, 4) is 0 Å². The maximum absolute atomic E-state index is 12.6. The van der Waals surface area contributed by atoms with Crippen LogP contribution in [0.3, 0.4) is 0 Å². The van der Waals surface area contributed by atoms with Gasteiger partial charge in [0.25, 0.3) is 0 Å². The van der Waals surface area contributed by atoms with Gasteiger partial charge in [-0.2, -0.15) is 13.2 Å². The fourth-order valence-electron chi connectivity index (χ4n) is 1.74. The summed E-state index contributed by atoms with van der Waals surface area (Å²) in [6.45, 7) is 2.85. The number of carboxylic acids is 1. The molecule has 21 heavy (non-hydrogen) atoms. The zero-order chi connectivity index (χ0) is 16.2. The van der Waals surface area contributed by atoms with Crippen molar-refractivity contribution < 1.29 is 27.9 Å². The molecule has 2 unspecified atom stereocenters. The molecule has 0 aliphatic rings. The maximum atomic E-state index is 12.6. The molecule has 2 N–H and O–H groups in total. The highest BCUT2D eigenvalue weighted by molar-refractivity contribution is 5.84. The average molecular weight is 303 g/mol. The van der Waals surface area contributed by atoms with Crippen LogP contribution in [0, 0.1) is 5.92 Å². The topological polar surface area (TPSA) is 66.4 Å². The molecule has 1 amide bonds. The number of aliphatic carboxylic acids is 1. The number of nitrogens with one attached hydrogen (secondary N) is 1. The van der Waals surface area contributed by atoms with Crippen LogP contribution in [0.25, 0.3) is 0 Å². The van der Waals surface area contributed by atoms with Gasteiger partial charge in [0.1, 0.15) is 6.04 Å². The smallest absolute Gasteiger partial charge is 0.416 e. The lowest BCUT2D eigenvalue weighted by molar-refractivity contribution is -0.141. The Morgan fingerprint density at radius 3 is 2.43 bits per heavy atom. The van der Waals surface area contributed by atoms with E-state index in [9.17, 15) is 22.8 Å². The minimum absolute atomic E-state index is 0.0993. The second-order valence-electron chi connectivity index (χ2n) is 4.87. The zero-order valence-electron chi connectivity index (χ0n) is 11.6. The summed E-state index contributed by atoms with van der Waals surface area (Å²) in [5.41, 5.74) is -0.401. The fourth-order valence-corrected chi connectivity index (χ4v) is 1.74. The van der Waals surface area contributed by atoms with Gasteiger partial charge in [-0.05, 0) is 25.0 Å². The molecule has 4 nitrogen and oxygen atoms in total. The molecule has 0 aromatic heterocycles. The van der Waals surface area contributed by atoms with Crippen molar-refractivity contribution in [3.63, 3.8) is 0 Å². The first-order valence-electron chi connectivity index (χ1n) is 6.30. The van der Waals surface area contributed by atoms with E-state index in [2.05, 4.69) is 5.32 Å². The van der Waals surface area contributed by atoms with Crippen LogP contribution >= 0.6 is 0 Å². The summed E-state index contributed by atoms with van der Waals surface area (Å²) >= 11 is 0. The molecule has 0 aliphatic heterocycles. The third-order valence-electron chi connectivity index (χ3n) is 2.97. The number of amides is 1. The number of halogens is 3. The van der Waals surface area contributed by atoms with E-state index in [1.54, 1.807) is 0 Å². The quantitative estimate of drug-likeness (QED) is 0.878. The van der Waals surface area contributed by atoms with Crippen molar-refractivity contribution in [2.24, 2.45) is 5.92 Å². The second-order valence-corrected chi connectivity index (χ2v) is 4.87. The Labute approximate surface area is 120 Å². The first kappa shape index (κ1) is 17.0. The van der Waals surface area contributed by atoms with Gasteiger partial charge >= 0.3 is 12.1 Å². The molecular weight excluding hydrogens is 287 g/mol. The van der Waals surface area contributed by atoms with Crippen molar-refractivity contribution >= 4 is 11.9 Å². The minimum atomic E-state index is -4.43. The monoisotopic (exact) mass is 303 g/mol. The molecular formula is C14H16F3NO3. The number of carbonyl (C=O) groups excluding carboxylic acids is 1. The minimum Gasteiger partial charge on any atom is -0.480 e. The van der Waals surface area contributed by atoms with Gasteiger partial charge in [0.2, 0.25) is 5.91 Å². The molecule has 2 atom stereocenters. The van der Waals surface area contributed by atoms with Gasteiger partial charge in [0.15, 0.2) is 0 Å². The largest absolute Gasteiger partial charge is 0.480 e. The number of carboxylic acid groups (broad SMARTS) is 1. The molecule has 1 aromatic carbocycles. The number of rotatable bonds is 5. The van der Waals surface area contributed by atoms with Gasteiger partial charge in [0, 0.05) is 5.92 Å². The molecule has 0 bridgehead atoms. The van der Waals surface area contributed by atoms with Crippen LogP contribution < -0.4 is 5.32 Å². The highest BCUT2D eigenvalue weighted by atomic mass is 19.4. The van der Waals surface area contributed by atoms with Crippen LogP contribution in [0.4, 0.5) is 13.2 Å². The Kier molecular flexibility index (Phi) is 5.34. The summed E-state index contributed by atoms with van der Waals surface area (Å²) in [4.78, 5) is 22.4. The van der Waals surface area contributed by atoms with E-state index < -0.39 is 35.6 Å². The first-order valence-corrected chi connectivity index (χ1v) is 6.30. The summed E-state index contributed by atoms with van der Waals surface area (Å²) in [6, 6.07) is 3.69. The summed E-state index contributed by atoms with van der Waals surface area (Å²) < 4.78 is 37.7. The Morgan fingerprint density at radius 2 is 1.90 bits per heavy atom. The Bertz CT molecular complexity index is 528. The normalized spacial score (nSPS) is 14.3. The molecule has 0 spiro atoms. The summed E-state index contributed by atoms with van der Waals surface area (Å²) in [5.74, 6) is -2.31. The van der Waals surface area contributed by atoms with E-state index in [-0.39, 0.29) is 6.42 Å². The summed E-state index contributed by atoms with van der Waals surface area (Å²) in [7, 11) is 0. The van der Waals surface area contributed by atoms with Crippen LogP contribution in [-0.2, 0) is 22.2 Å². The van der Waals surface area contributed by atoms with Crippen LogP contribution in [0.1, 0.15) is 25.0 Å². The second kappa shape index (κ2) is 6.60. The first-order chi connectivity index (χ1) is 9.61. The van der Waals surface area contributed by atoms with E-state index in [0.717, 1.165) is 12.1 Å². The van der Waals surface area contributed by atoms with E-state index in [1.807, 2.05) is 0 Å². The van der Waals surface area contributed by atoms with Gasteiger partial charge in [-0.25, -0.2) is 0 Å². The molecule has 0 saturated carbocycles. The number of carbonyl (C=O) groups is 2. The number of benzene rings is 1. The third kappa shape index (κ3) is 5.09. The average Bonchev–Trinajstić information content (AvgIpc) is 2.37. The summed E-state index contributed by atoms with van der Waals surface area (Å²) in [5, 5.41) is 11.0. The molecule has 0 radical (unpaired) electrons. The number of alkyl halides is 3. The van der Waals surface area contributed by atoms with Crippen molar-refractivity contribution in [1.82, 2.24) is 5.32 Å². The number of hydrogen-bond donors (Lipinski definition) is 2.